The first-order valence-electron chi connectivity index (χ1n) is 18.2. The van der Waals surface area contributed by atoms with Gasteiger partial charge in [0.25, 0.3) is 5.91 Å². The van der Waals surface area contributed by atoms with Crippen molar-refractivity contribution in [2.24, 2.45) is 4.99 Å². The Hall–Kier alpha value is -4.67. The Labute approximate surface area is 301 Å². The van der Waals surface area contributed by atoms with Crippen LogP contribution in [0.4, 0.5) is 18.9 Å². The Kier molecular flexibility index (Phi) is 8.86. The number of halogens is 3. The van der Waals surface area contributed by atoms with E-state index in [-0.39, 0.29) is 35.5 Å². The number of alkyl halides is 3. The maximum Gasteiger partial charge on any atom is 0.416 e. The fourth-order valence-corrected chi connectivity index (χ4v) is 8.07. The summed E-state index contributed by atoms with van der Waals surface area (Å²) in [6, 6.07) is 21.0. The van der Waals surface area contributed by atoms with E-state index in [2.05, 4.69) is 77.9 Å². The monoisotopic (exact) mass is 708 g/mol. The maximum atomic E-state index is 14.5. The number of carbonyl (C=O) groups is 1. The highest BCUT2D eigenvalue weighted by molar-refractivity contribution is 6.00. The molecule has 0 radical (unpaired) electrons. The average Bonchev–Trinajstić information content (AvgIpc) is 3.96. The molecule has 1 aromatic heterocycles. The molecule has 3 aromatic carbocycles. The number of carbonyl (C=O) groups excluding carboxylic acids is 1. The lowest BCUT2D eigenvalue weighted by molar-refractivity contribution is -0.137. The molecule has 4 atom stereocenters. The second kappa shape index (κ2) is 13.4. The van der Waals surface area contributed by atoms with Gasteiger partial charge in [0.1, 0.15) is 6.04 Å². The summed E-state index contributed by atoms with van der Waals surface area (Å²) in [5, 5.41) is 3.20. The van der Waals surface area contributed by atoms with E-state index in [0.717, 1.165) is 71.3 Å². The second-order valence-corrected chi connectivity index (χ2v) is 15.1. The fourth-order valence-electron chi connectivity index (χ4n) is 8.07. The van der Waals surface area contributed by atoms with Crippen molar-refractivity contribution >= 4 is 23.7 Å². The number of benzene rings is 3. The highest BCUT2D eigenvalue weighted by Gasteiger charge is 2.39. The summed E-state index contributed by atoms with van der Waals surface area (Å²) in [6.07, 6.45) is 5.20. The normalized spacial score (nSPS) is 22.9. The number of allylic oxidation sites excluding steroid dienone is 1. The largest absolute Gasteiger partial charge is 0.416 e. The molecule has 4 aromatic rings. The number of nitrogens with one attached hydrogen (secondary N) is 1. The lowest BCUT2D eigenvalue weighted by atomic mass is 9.91. The van der Waals surface area contributed by atoms with E-state index < -0.39 is 23.1 Å². The molecule has 0 saturated carbocycles. The lowest BCUT2D eigenvalue weighted by Crippen LogP contribution is -2.35. The summed E-state index contributed by atoms with van der Waals surface area (Å²) < 4.78 is 58.7. The van der Waals surface area contributed by atoms with E-state index in [1.165, 1.54) is 6.07 Å². The molecule has 3 heterocycles. The molecule has 0 spiro atoms. The number of hydrogen-bond donors (Lipinski definition) is 1. The molecule has 2 unspecified atom stereocenters. The molecule has 1 N–H and O–H groups in total. The summed E-state index contributed by atoms with van der Waals surface area (Å²) in [4.78, 5) is 19.2. The minimum Gasteiger partial charge on any atom is -0.382 e. The van der Waals surface area contributed by atoms with Crippen molar-refractivity contribution in [1.82, 2.24) is 9.36 Å². The molecule has 2 saturated heterocycles. The summed E-state index contributed by atoms with van der Waals surface area (Å²) in [5.41, 5.74) is 5.54. The first-order valence-corrected chi connectivity index (χ1v) is 18.2. The Morgan fingerprint density at radius 2 is 1.62 bits per heavy atom. The van der Waals surface area contributed by atoms with Gasteiger partial charge in [-0.3, -0.25) is 14.2 Å². The third-order valence-corrected chi connectivity index (χ3v) is 10.6. The van der Waals surface area contributed by atoms with E-state index in [1.54, 1.807) is 0 Å². The number of nitrogens with zero attached hydrogens (tertiary/aromatic N) is 3. The van der Waals surface area contributed by atoms with Crippen LogP contribution in [0, 0.1) is 0 Å². The van der Waals surface area contributed by atoms with Crippen molar-refractivity contribution in [2.45, 2.75) is 82.3 Å². The van der Waals surface area contributed by atoms with E-state index in [4.69, 9.17) is 14.5 Å². The zero-order valence-corrected chi connectivity index (χ0v) is 29.6. The van der Waals surface area contributed by atoms with Crippen molar-refractivity contribution in [3.8, 4) is 0 Å². The minimum atomic E-state index is -4.64. The number of aromatic nitrogens is 2. The molecular weight excluding hydrogens is 665 g/mol. The van der Waals surface area contributed by atoms with Gasteiger partial charge in [-0.2, -0.15) is 18.2 Å². The fraction of sp³-hybridized carbons (Fsp3) is 0.381. The average molecular weight is 709 g/mol. The van der Waals surface area contributed by atoms with Crippen molar-refractivity contribution in [3.63, 3.8) is 0 Å². The van der Waals surface area contributed by atoms with Gasteiger partial charge in [-0.05, 0) is 71.7 Å². The number of rotatable bonds is 7. The number of fused-ring (bicyclic) bond motifs is 2. The summed E-state index contributed by atoms with van der Waals surface area (Å²) in [5.74, 6) is -0.761. The van der Waals surface area contributed by atoms with Crippen LogP contribution in [-0.4, -0.2) is 47.2 Å². The zero-order valence-electron chi connectivity index (χ0n) is 29.6. The van der Waals surface area contributed by atoms with E-state index >= 15 is 0 Å². The molecule has 4 aliphatic rings. The predicted octanol–water partition coefficient (Wildman–Crippen LogP) is 8.72. The van der Waals surface area contributed by atoms with Gasteiger partial charge >= 0.3 is 6.18 Å². The number of amides is 1. The standard InChI is InChI=1S/C42H43F3N4O3/c1-41(2,3)37-24-38(47-40(50)32-23-28(42(43,44)45)17-18-34(32)46-25-29-12-8-20-51-29)49(48(37)35-19-16-26-10-4-6-13-30(26)35)39-31-14-7-5-11-27(31)22-33(39)36-15-9-21-52-36/h4-7,10-11,13-14,16-19,22-24,29,35-36,39,46H,8-9,12,15,20-21,25H2,1-3H3/t29-,35?,36+,39?/m0/s1. The maximum absolute atomic E-state index is 14.5. The molecule has 270 valence electrons. The Morgan fingerprint density at radius 3 is 2.33 bits per heavy atom. The van der Waals surface area contributed by atoms with Crippen LogP contribution in [0.25, 0.3) is 12.2 Å². The zero-order chi connectivity index (χ0) is 36.2. The van der Waals surface area contributed by atoms with Crippen LogP contribution in [0.5, 0.6) is 0 Å². The van der Waals surface area contributed by atoms with E-state index in [0.29, 0.717) is 25.2 Å². The summed E-state index contributed by atoms with van der Waals surface area (Å²) in [7, 11) is 0. The van der Waals surface area contributed by atoms with Gasteiger partial charge in [-0.15, -0.1) is 0 Å². The number of anilines is 1. The lowest BCUT2D eigenvalue weighted by Gasteiger charge is -2.32. The molecule has 52 heavy (non-hydrogen) atoms. The molecular formula is C42H43F3N4O3. The Bertz CT molecular complexity index is 2140. The molecule has 8 rings (SSSR count). The third kappa shape index (κ3) is 6.36. The van der Waals surface area contributed by atoms with Gasteiger partial charge in [0.05, 0.1) is 29.4 Å². The van der Waals surface area contributed by atoms with Crippen LogP contribution in [-0.2, 0) is 21.1 Å². The van der Waals surface area contributed by atoms with Crippen LogP contribution >= 0.6 is 0 Å². The van der Waals surface area contributed by atoms with E-state index in [1.807, 2.05) is 30.3 Å². The number of ether oxygens (including phenoxy) is 2. The first-order chi connectivity index (χ1) is 25.0. The first kappa shape index (κ1) is 34.4. The number of hydrogen-bond acceptors (Lipinski definition) is 4. The molecule has 7 nitrogen and oxygen atoms in total. The topological polar surface area (TPSA) is 69.8 Å². The molecule has 0 bridgehead atoms. The van der Waals surface area contributed by atoms with Crippen LogP contribution < -0.4 is 10.8 Å². The smallest absolute Gasteiger partial charge is 0.382 e. The third-order valence-electron chi connectivity index (χ3n) is 10.6. The molecule has 2 fully saturated rings. The molecule has 1 amide bonds. The van der Waals surface area contributed by atoms with Crippen molar-refractivity contribution in [3.05, 3.63) is 129 Å². The van der Waals surface area contributed by atoms with Gasteiger partial charge in [0.2, 0.25) is 0 Å². The van der Waals surface area contributed by atoms with Crippen molar-refractivity contribution in [2.75, 3.05) is 25.1 Å². The Morgan fingerprint density at radius 1 is 0.885 bits per heavy atom. The Balaban J connectivity index is 1.36. The van der Waals surface area contributed by atoms with Gasteiger partial charge < -0.3 is 14.8 Å². The SMILES string of the molecule is CC(C)(C)c1cc(=NC(=O)c2cc(C(F)(F)F)ccc2NC[C@@H]2CCCO2)n(C2C([C@H]3CCCO3)=Cc3ccccc32)n1C1C=Cc2ccccc21. The van der Waals surface area contributed by atoms with Crippen molar-refractivity contribution < 1.29 is 27.4 Å². The second-order valence-electron chi connectivity index (χ2n) is 15.1. The molecule has 10 heteroatoms. The van der Waals surface area contributed by atoms with Gasteiger partial charge in [-0.1, -0.05) is 87.5 Å². The highest BCUT2D eigenvalue weighted by Crippen LogP contribution is 2.44. The van der Waals surface area contributed by atoms with Gasteiger partial charge in [0.15, 0.2) is 5.49 Å². The highest BCUT2D eigenvalue weighted by atomic mass is 19.4. The predicted molar refractivity (Wildman–Crippen MR) is 195 cm³/mol. The summed E-state index contributed by atoms with van der Waals surface area (Å²) >= 11 is 0. The van der Waals surface area contributed by atoms with Crippen LogP contribution in [0.15, 0.2) is 89.4 Å². The van der Waals surface area contributed by atoms with Crippen molar-refractivity contribution in [1.29, 1.82) is 0 Å². The quantitative estimate of drug-likeness (QED) is 0.209. The van der Waals surface area contributed by atoms with Gasteiger partial charge in [-0.25, -0.2) is 0 Å². The van der Waals surface area contributed by atoms with E-state index in [9.17, 15) is 18.0 Å². The van der Waals surface area contributed by atoms with Gasteiger partial charge in [0, 0.05) is 42.6 Å². The molecule has 2 aliphatic heterocycles. The van der Waals surface area contributed by atoms with Crippen LogP contribution in [0.3, 0.4) is 0 Å². The van der Waals surface area contributed by atoms with Crippen LogP contribution in [0.2, 0.25) is 0 Å². The van der Waals surface area contributed by atoms with Crippen LogP contribution in [0.1, 0.15) is 102 Å². The summed E-state index contributed by atoms with van der Waals surface area (Å²) in [6.45, 7) is 8.05. The minimum absolute atomic E-state index is 0.0829. The molecule has 2 aliphatic carbocycles.